The second-order valence-electron chi connectivity index (χ2n) is 11.4. The second-order valence-corrected chi connectivity index (χ2v) is 12.7. The van der Waals surface area contributed by atoms with Crippen LogP contribution in [0.3, 0.4) is 0 Å². The van der Waals surface area contributed by atoms with E-state index in [0.29, 0.717) is 38.5 Å². The van der Waals surface area contributed by atoms with Gasteiger partial charge in [-0.3, -0.25) is 24.0 Å². The number of carbonyl (C=O) groups is 5. The van der Waals surface area contributed by atoms with Crippen LogP contribution in [0.25, 0.3) is 0 Å². The fourth-order valence-corrected chi connectivity index (χ4v) is 7.05. The molecule has 13 nitrogen and oxygen atoms in total. The van der Waals surface area contributed by atoms with Crippen LogP contribution in [0.2, 0.25) is 0 Å². The Hall–Kier alpha value is -2.68. The molecule has 0 spiro atoms. The van der Waals surface area contributed by atoms with Crippen LogP contribution in [-0.2, 0) is 24.0 Å². The van der Waals surface area contributed by atoms with Crippen LogP contribution in [0.5, 0.6) is 0 Å². The van der Waals surface area contributed by atoms with Gasteiger partial charge >= 0.3 is 17.9 Å². The molecule has 1 saturated carbocycles. The average Bonchev–Trinajstić information content (AvgIpc) is 3.33. The number of unbranched alkanes of at least 4 members (excludes halogenated alkanes) is 3. The summed E-state index contributed by atoms with van der Waals surface area (Å²) in [6.07, 6.45) is 9.31. The minimum Gasteiger partial charge on any atom is -0.481 e. The fourth-order valence-electron chi connectivity index (χ4n) is 5.39. The molecule has 0 heterocycles. The Labute approximate surface area is 263 Å². The minimum absolute atomic E-state index is 0.0372. The average molecular weight is 646 g/mol. The molecule has 1 aliphatic rings. The molecule has 9 N–H and O–H groups in total. The zero-order valence-electron chi connectivity index (χ0n) is 25.6. The monoisotopic (exact) mass is 645 g/mol. The van der Waals surface area contributed by atoms with Gasteiger partial charge in [0.2, 0.25) is 11.8 Å². The van der Waals surface area contributed by atoms with Crippen molar-refractivity contribution in [1.82, 2.24) is 10.6 Å². The van der Waals surface area contributed by atoms with E-state index in [1.165, 1.54) is 11.8 Å². The molecule has 0 radical (unpaired) electrons. The quantitative estimate of drug-likeness (QED) is 0.0555. The van der Waals surface area contributed by atoms with Crippen LogP contribution >= 0.6 is 11.8 Å². The fraction of sp³-hybridized carbons (Fsp3) is 0.767. The van der Waals surface area contributed by atoms with Crippen LogP contribution in [0.4, 0.5) is 0 Å². The maximum absolute atomic E-state index is 12.9. The van der Waals surface area contributed by atoms with Gasteiger partial charge in [0, 0.05) is 23.8 Å². The summed E-state index contributed by atoms with van der Waals surface area (Å²) in [5.74, 6) is -4.77. The molecule has 1 rings (SSSR count). The van der Waals surface area contributed by atoms with Crippen molar-refractivity contribution < 1.29 is 49.5 Å². The van der Waals surface area contributed by atoms with E-state index in [4.69, 9.17) is 21.1 Å². The van der Waals surface area contributed by atoms with Gasteiger partial charge in [0.25, 0.3) is 0 Å². The molecule has 0 saturated heterocycles. The number of nitrogens with two attached hydrogens (primary N) is 1. The van der Waals surface area contributed by atoms with Gasteiger partial charge in [-0.05, 0) is 63.2 Å². The first kappa shape index (κ1) is 39.3. The maximum Gasteiger partial charge on any atom is 0.322 e. The largest absolute Gasteiger partial charge is 0.481 e. The predicted octanol–water partition coefficient (Wildman–Crippen LogP) is 1.89. The minimum atomic E-state index is -1.26. The molecule has 1 aliphatic carbocycles. The van der Waals surface area contributed by atoms with Crippen LogP contribution in [0, 0.1) is 11.8 Å². The number of carboxylic acids is 3. The second kappa shape index (κ2) is 21.9. The van der Waals surface area contributed by atoms with E-state index >= 15 is 0 Å². The van der Waals surface area contributed by atoms with Crippen LogP contribution < -0.4 is 16.4 Å². The molecule has 7 atom stereocenters. The van der Waals surface area contributed by atoms with E-state index < -0.39 is 60.6 Å². The van der Waals surface area contributed by atoms with E-state index in [1.807, 2.05) is 12.2 Å². The zero-order valence-corrected chi connectivity index (χ0v) is 26.4. The Kier molecular flexibility index (Phi) is 19.6. The summed E-state index contributed by atoms with van der Waals surface area (Å²) in [7, 11) is 0. The predicted molar refractivity (Wildman–Crippen MR) is 166 cm³/mol. The topological polar surface area (TPSA) is 237 Å². The Morgan fingerprint density at radius 2 is 1.70 bits per heavy atom. The third-order valence-corrected chi connectivity index (χ3v) is 9.27. The van der Waals surface area contributed by atoms with Crippen molar-refractivity contribution in [3.8, 4) is 0 Å². The highest BCUT2D eigenvalue weighted by atomic mass is 32.2. The summed E-state index contributed by atoms with van der Waals surface area (Å²) in [4.78, 5) is 58.3. The highest BCUT2D eigenvalue weighted by Crippen LogP contribution is 2.43. The maximum atomic E-state index is 12.9. The van der Waals surface area contributed by atoms with Gasteiger partial charge in [-0.25, -0.2) is 0 Å². The van der Waals surface area contributed by atoms with E-state index in [-0.39, 0.29) is 42.1 Å². The third kappa shape index (κ3) is 16.4. The highest BCUT2D eigenvalue weighted by Gasteiger charge is 2.41. The van der Waals surface area contributed by atoms with Crippen molar-refractivity contribution in [2.75, 3.05) is 12.3 Å². The number of hydrogen-bond donors (Lipinski definition) is 8. The van der Waals surface area contributed by atoms with E-state index in [1.54, 1.807) is 0 Å². The molecule has 2 amide bonds. The van der Waals surface area contributed by atoms with Gasteiger partial charge in [-0.1, -0.05) is 38.3 Å². The van der Waals surface area contributed by atoms with E-state index in [9.17, 15) is 34.2 Å². The standard InChI is InChI=1S/C30H51N3O10S/c1-2-3-6-10-20(34)16-24(28-19(12-14-23(28)35)9-7-4-5-8-11-26(37)38)44-18-22(29(41)32-17-27(39)40)33-25(36)15-13-21(31)30(42)43/h4,7,19-24,28,34-35H,2-3,5-6,8-18,31H2,1H3,(H,32,41)(H,33,36)(H,37,38)(H,39,40)(H,42,43)/b7-4-/t19-,20-,21+,22+,23?,24?,28+/m0/s1. The molecule has 0 aliphatic heterocycles. The molecule has 0 bridgehead atoms. The number of aliphatic hydroxyl groups is 2. The molecule has 44 heavy (non-hydrogen) atoms. The molecule has 252 valence electrons. The van der Waals surface area contributed by atoms with Gasteiger partial charge in [0.15, 0.2) is 0 Å². The normalized spacial score (nSPS) is 21.0. The molecule has 0 aromatic heterocycles. The number of carboxylic acid groups (broad SMARTS) is 3. The molecule has 2 unspecified atom stereocenters. The van der Waals surface area contributed by atoms with Crippen molar-refractivity contribution in [3.05, 3.63) is 12.2 Å². The third-order valence-electron chi connectivity index (χ3n) is 7.81. The number of nitrogens with one attached hydrogen (secondary N) is 2. The number of allylic oxidation sites excluding steroid dienone is 2. The summed E-state index contributed by atoms with van der Waals surface area (Å²) in [5, 5.41) is 53.3. The Morgan fingerprint density at radius 3 is 2.34 bits per heavy atom. The Balaban J connectivity index is 3.07. The first-order valence-corrected chi connectivity index (χ1v) is 16.5. The summed E-state index contributed by atoms with van der Waals surface area (Å²) < 4.78 is 0. The van der Waals surface area contributed by atoms with Crippen molar-refractivity contribution in [2.24, 2.45) is 17.6 Å². The molecule has 14 heteroatoms. The molecular weight excluding hydrogens is 594 g/mol. The lowest BCUT2D eigenvalue weighted by atomic mass is 9.86. The summed E-state index contributed by atoms with van der Waals surface area (Å²) in [6, 6.07) is -2.39. The van der Waals surface area contributed by atoms with Crippen molar-refractivity contribution >= 4 is 41.5 Å². The molecule has 1 fully saturated rings. The van der Waals surface area contributed by atoms with Gasteiger partial charge in [-0.2, -0.15) is 11.8 Å². The van der Waals surface area contributed by atoms with E-state index in [2.05, 4.69) is 17.6 Å². The number of carbonyl (C=O) groups excluding carboxylic acids is 2. The molecule has 0 aromatic rings. The number of rotatable bonds is 24. The van der Waals surface area contributed by atoms with Gasteiger partial charge in [0.1, 0.15) is 18.6 Å². The first-order valence-electron chi connectivity index (χ1n) is 15.5. The Morgan fingerprint density at radius 1 is 0.977 bits per heavy atom. The van der Waals surface area contributed by atoms with Crippen LogP contribution in [0.15, 0.2) is 12.2 Å². The Bertz CT molecular complexity index is 950. The van der Waals surface area contributed by atoms with Crippen molar-refractivity contribution in [2.45, 2.75) is 120 Å². The lowest BCUT2D eigenvalue weighted by molar-refractivity contribution is -0.139. The molecule has 0 aromatic carbocycles. The number of thioether (sulfide) groups is 1. The van der Waals surface area contributed by atoms with Crippen LogP contribution in [-0.4, -0.2) is 97.1 Å². The number of aliphatic hydroxyl groups excluding tert-OH is 2. The van der Waals surface area contributed by atoms with Gasteiger partial charge in [0.05, 0.1) is 12.2 Å². The lowest BCUT2D eigenvalue weighted by Gasteiger charge is -2.33. The zero-order chi connectivity index (χ0) is 33.1. The molecular formula is C30H51N3O10S. The summed E-state index contributed by atoms with van der Waals surface area (Å²) in [6.45, 7) is 1.42. The summed E-state index contributed by atoms with van der Waals surface area (Å²) >= 11 is 1.34. The van der Waals surface area contributed by atoms with E-state index in [0.717, 1.165) is 25.7 Å². The number of hydrogen-bond acceptors (Lipinski definition) is 9. The van der Waals surface area contributed by atoms with Crippen molar-refractivity contribution in [3.63, 3.8) is 0 Å². The van der Waals surface area contributed by atoms with Gasteiger partial charge in [-0.15, -0.1) is 0 Å². The lowest BCUT2D eigenvalue weighted by Crippen LogP contribution is -2.50. The SMILES string of the molecule is CCCCC[C@H](O)CC(SC[C@@H](NC(=O)CC[C@@H](N)C(=O)O)C(=O)NCC(=O)O)[C@H]1C(O)CC[C@@H]1C/C=C\CCCC(=O)O. The van der Waals surface area contributed by atoms with Crippen molar-refractivity contribution in [1.29, 1.82) is 0 Å². The number of amides is 2. The first-order chi connectivity index (χ1) is 20.8. The van der Waals surface area contributed by atoms with Crippen LogP contribution in [0.1, 0.15) is 90.4 Å². The smallest absolute Gasteiger partial charge is 0.322 e. The highest BCUT2D eigenvalue weighted by molar-refractivity contribution is 8.00. The summed E-state index contributed by atoms with van der Waals surface area (Å²) in [5.41, 5.74) is 5.49. The number of aliphatic carboxylic acids is 3. The van der Waals surface area contributed by atoms with Gasteiger partial charge < -0.3 is 41.9 Å².